The fourth-order valence-corrected chi connectivity index (χ4v) is 5.44. The molecule has 4 amide bonds. The van der Waals surface area contributed by atoms with Crippen LogP contribution in [0.15, 0.2) is 121 Å². The van der Waals surface area contributed by atoms with Crippen molar-refractivity contribution in [1.29, 1.82) is 0 Å². The molecule has 5 aromatic rings. The molecule has 0 fully saturated rings. The van der Waals surface area contributed by atoms with Crippen LogP contribution < -0.4 is 39.1 Å². The molecule has 5 rings (SSSR count). The molecule has 0 aromatic heterocycles. The first kappa shape index (κ1) is 38.3. The number of esters is 2. The molecule has 16 nitrogen and oxygen atoms in total. The highest BCUT2D eigenvalue weighted by Crippen LogP contribution is 2.23. The smallest absolute Gasteiger partial charge is 0.343 e. The van der Waals surface area contributed by atoms with E-state index in [9.17, 15) is 36.0 Å². The van der Waals surface area contributed by atoms with Gasteiger partial charge in [-0.05, 0) is 72.8 Å². The van der Waals surface area contributed by atoms with Crippen LogP contribution >= 0.6 is 0 Å². The number of hydrogen-bond donors (Lipinski definition) is 4. The van der Waals surface area contributed by atoms with Crippen LogP contribution in [0.2, 0.25) is 0 Å². The molecule has 278 valence electrons. The summed E-state index contributed by atoms with van der Waals surface area (Å²) < 4.78 is 66.0. The summed E-state index contributed by atoms with van der Waals surface area (Å²) in [5.41, 5.74) is 1.33. The highest BCUT2D eigenvalue weighted by Gasteiger charge is 2.15. The Bertz CT molecular complexity index is 2270. The Hall–Kier alpha value is -6.92. The van der Waals surface area contributed by atoms with Crippen LogP contribution in [-0.4, -0.2) is 53.3 Å². The molecule has 0 bridgehead atoms. The van der Waals surface area contributed by atoms with Crippen molar-refractivity contribution in [3.8, 4) is 23.0 Å². The Morgan fingerprint density at radius 2 is 0.704 bits per heavy atom. The summed E-state index contributed by atoms with van der Waals surface area (Å²) in [6.07, 6.45) is 1.79. The fourth-order valence-electron chi connectivity index (χ4n) is 4.54. The van der Waals surface area contributed by atoms with E-state index in [1.54, 1.807) is 24.3 Å². The number of nitrogens with one attached hydrogen (secondary N) is 4. The zero-order valence-electron chi connectivity index (χ0n) is 28.3. The lowest BCUT2D eigenvalue weighted by Crippen LogP contribution is -2.19. The monoisotopic (exact) mass is 774 g/mol. The maximum Gasteiger partial charge on any atom is 0.343 e. The molecule has 54 heavy (non-hydrogen) atoms. The fraction of sp³-hybridized carbons (Fsp3) is 0.0556. The summed E-state index contributed by atoms with van der Waals surface area (Å²) in [5, 5.41) is 10.3. The van der Waals surface area contributed by atoms with E-state index in [4.69, 9.17) is 17.8 Å². The summed E-state index contributed by atoms with van der Waals surface area (Å²) in [5.74, 6) is -1.23. The van der Waals surface area contributed by atoms with Crippen molar-refractivity contribution in [2.75, 3.05) is 33.8 Å². The largest absolute Gasteiger partial charge is 0.423 e. The summed E-state index contributed by atoms with van der Waals surface area (Å²) in [4.78, 5) is 50.8. The quantitative estimate of drug-likeness (QED) is 0.0643. The number of rotatable bonds is 12. The van der Waals surface area contributed by atoms with Gasteiger partial charge in [0.2, 0.25) is 0 Å². The number of amides is 4. The third-order valence-corrected chi connectivity index (χ3v) is 7.63. The van der Waals surface area contributed by atoms with Crippen molar-refractivity contribution >= 4 is 67.0 Å². The average molecular weight is 775 g/mol. The minimum absolute atomic E-state index is 0.0172. The zero-order valence-corrected chi connectivity index (χ0v) is 29.9. The first-order chi connectivity index (χ1) is 25.6. The number of urea groups is 2. The van der Waals surface area contributed by atoms with E-state index >= 15 is 0 Å². The summed E-state index contributed by atoms with van der Waals surface area (Å²) >= 11 is 0. The van der Waals surface area contributed by atoms with Crippen molar-refractivity contribution < 1.29 is 53.9 Å². The molecule has 4 N–H and O–H groups in total. The van der Waals surface area contributed by atoms with E-state index < -0.39 is 44.2 Å². The molecular weight excluding hydrogens is 745 g/mol. The molecule has 0 saturated carbocycles. The van der Waals surface area contributed by atoms with Gasteiger partial charge in [-0.1, -0.05) is 24.3 Å². The lowest BCUT2D eigenvalue weighted by Gasteiger charge is -2.11. The zero-order chi connectivity index (χ0) is 38.9. The van der Waals surface area contributed by atoms with E-state index in [1.165, 1.54) is 97.1 Å². The first-order valence-corrected chi connectivity index (χ1v) is 19.1. The number of carbonyl (C=O) groups excluding carboxylic acids is 4. The second kappa shape index (κ2) is 16.6. The molecule has 0 heterocycles. The molecule has 18 heteroatoms. The van der Waals surface area contributed by atoms with Gasteiger partial charge in [0, 0.05) is 47.0 Å². The van der Waals surface area contributed by atoms with E-state index in [0.29, 0.717) is 0 Å². The Morgan fingerprint density at radius 3 is 1.00 bits per heavy atom. The van der Waals surface area contributed by atoms with Gasteiger partial charge in [-0.15, -0.1) is 0 Å². The van der Waals surface area contributed by atoms with Crippen LogP contribution in [0.25, 0.3) is 0 Å². The number of benzene rings is 5. The minimum atomic E-state index is -3.75. The Morgan fingerprint density at radius 1 is 0.426 bits per heavy atom. The first-order valence-electron chi connectivity index (χ1n) is 15.5. The predicted molar refractivity (Wildman–Crippen MR) is 198 cm³/mol. The van der Waals surface area contributed by atoms with Gasteiger partial charge in [0.15, 0.2) is 0 Å². The van der Waals surface area contributed by atoms with Gasteiger partial charge in [0.25, 0.3) is 0 Å². The third kappa shape index (κ3) is 12.1. The van der Waals surface area contributed by atoms with Gasteiger partial charge in [-0.2, -0.15) is 16.8 Å². The molecule has 5 aromatic carbocycles. The topological polar surface area (TPSA) is 222 Å². The Balaban J connectivity index is 1.12. The van der Waals surface area contributed by atoms with Crippen molar-refractivity contribution in [2.45, 2.75) is 0 Å². The normalized spacial score (nSPS) is 11.0. The van der Waals surface area contributed by atoms with Crippen LogP contribution in [0.3, 0.4) is 0 Å². The SMILES string of the molecule is CS(=O)(=O)Oc1cccc(NC(=O)Nc2cccc(OC(=O)c3ccc(C(=O)Oc4cccc(NC(=O)Nc5cccc(OS(C)(=O)=O)c5)c4)cc3)c2)c1. The highest BCUT2D eigenvalue weighted by molar-refractivity contribution is 7.86. The molecule has 0 radical (unpaired) electrons. The Labute approximate surface area is 309 Å². The van der Waals surface area contributed by atoms with Crippen LogP contribution in [0.4, 0.5) is 32.3 Å². The summed E-state index contributed by atoms with van der Waals surface area (Å²) in [6.45, 7) is 0. The van der Waals surface area contributed by atoms with E-state index in [2.05, 4.69) is 21.3 Å². The van der Waals surface area contributed by atoms with Gasteiger partial charge in [-0.25, -0.2) is 19.2 Å². The van der Waals surface area contributed by atoms with E-state index in [-0.39, 0.29) is 56.9 Å². The average Bonchev–Trinajstić information content (AvgIpc) is 3.07. The van der Waals surface area contributed by atoms with Crippen molar-refractivity contribution in [2.24, 2.45) is 0 Å². The number of carbonyl (C=O) groups is 4. The number of ether oxygens (including phenoxy) is 2. The number of anilines is 4. The van der Waals surface area contributed by atoms with Gasteiger partial charge < -0.3 is 39.1 Å². The van der Waals surface area contributed by atoms with Crippen molar-refractivity contribution in [1.82, 2.24) is 0 Å². The van der Waals surface area contributed by atoms with Gasteiger partial charge >= 0.3 is 44.2 Å². The predicted octanol–water partition coefficient (Wildman–Crippen LogP) is 6.09. The van der Waals surface area contributed by atoms with Gasteiger partial charge in [-0.3, -0.25) is 0 Å². The van der Waals surface area contributed by atoms with Crippen LogP contribution in [0, 0.1) is 0 Å². The van der Waals surface area contributed by atoms with Crippen LogP contribution in [0.1, 0.15) is 20.7 Å². The standard InChI is InChI=1S/C36H30N4O12S2/c1-53(45,46)51-31-13-5-9-27(21-31)39-35(43)37-25-7-3-11-29(19-25)49-33(41)23-15-17-24(18-16-23)34(42)50-30-12-4-8-26(20-30)38-36(44)40-28-10-6-14-32(22-28)52-54(2,47)48/h3-22H,1-2H3,(H2,37,39,43)(H2,38,40,44). The van der Waals surface area contributed by atoms with E-state index in [0.717, 1.165) is 12.5 Å². The lowest BCUT2D eigenvalue weighted by molar-refractivity contribution is 0.0720. The molecule has 0 aliphatic rings. The summed E-state index contributed by atoms with van der Waals surface area (Å²) in [6, 6.07) is 27.7. The molecule has 0 spiro atoms. The third-order valence-electron chi connectivity index (χ3n) is 6.64. The molecule has 0 saturated heterocycles. The maximum atomic E-state index is 12.8. The molecule has 0 aliphatic carbocycles. The number of hydrogen-bond acceptors (Lipinski definition) is 12. The van der Waals surface area contributed by atoms with Gasteiger partial charge in [0.1, 0.15) is 23.0 Å². The minimum Gasteiger partial charge on any atom is -0.423 e. The Kier molecular flexibility index (Phi) is 11.8. The van der Waals surface area contributed by atoms with Crippen molar-refractivity contribution in [3.05, 3.63) is 132 Å². The molecule has 0 aliphatic heterocycles. The highest BCUT2D eigenvalue weighted by atomic mass is 32.2. The maximum absolute atomic E-state index is 12.8. The van der Waals surface area contributed by atoms with Crippen LogP contribution in [-0.2, 0) is 20.2 Å². The summed E-state index contributed by atoms with van der Waals surface area (Å²) in [7, 11) is -7.51. The lowest BCUT2D eigenvalue weighted by atomic mass is 10.1. The molecule has 0 unspecified atom stereocenters. The van der Waals surface area contributed by atoms with Crippen molar-refractivity contribution in [3.63, 3.8) is 0 Å². The molecule has 0 atom stereocenters. The second-order valence-electron chi connectivity index (χ2n) is 11.2. The van der Waals surface area contributed by atoms with Gasteiger partial charge in [0.05, 0.1) is 23.6 Å². The second-order valence-corrected chi connectivity index (χ2v) is 14.4. The van der Waals surface area contributed by atoms with Crippen LogP contribution in [0.5, 0.6) is 23.0 Å². The molecular formula is C36H30N4O12S2. The van der Waals surface area contributed by atoms with E-state index in [1.807, 2.05) is 0 Å².